The van der Waals surface area contributed by atoms with Crippen molar-refractivity contribution >= 4 is 24.2 Å². The Bertz CT molecular complexity index is 359. The van der Waals surface area contributed by atoms with Crippen molar-refractivity contribution in [2.45, 2.75) is 53.0 Å². The van der Waals surface area contributed by atoms with E-state index in [1.165, 1.54) is 0 Å². The van der Waals surface area contributed by atoms with Crippen LogP contribution in [0.3, 0.4) is 0 Å². The Morgan fingerprint density at radius 1 is 1.38 bits per heavy atom. The molecule has 3 N–H and O–H groups in total. The summed E-state index contributed by atoms with van der Waals surface area (Å²) in [5.41, 5.74) is 6.03. The highest BCUT2D eigenvalue weighted by atomic mass is 35.5. The van der Waals surface area contributed by atoms with E-state index in [9.17, 15) is 9.59 Å². The maximum absolute atomic E-state index is 12.1. The van der Waals surface area contributed by atoms with Gasteiger partial charge in [-0.05, 0) is 17.8 Å². The summed E-state index contributed by atoms with van der Waals surface area (Å²) in [6.45, 7) is 10.1. The molecule has 5 nitrogen and oxygen atoms in total. The first-order valence-corrected chi connectivity index (χ1v) is 7.52. The fourth-order valence-electron chi connectivity index (χ4n) is 2.50. The van der Waals surface area contributed by atoms with E-state index >= 15 is 0 Å². The van der Waals surface area contributed by atoms with Gasteiger partial charge in [0.2, 0.25) is 11.8 Å². The monoisotopic (exact) mass is 319 g/mol. The van der Waals surface area contributed by atoms with E-state index in [1.54, 1.807) is 0 Å². The molecule has 1 rings (SSSR count). The Morgan fingerprint density at radius 3 is 2.52 bits per heavy atom. The maximum atomic E-state index is 12.1. The minimum absolute atomic E-state index is 0. The molecule has 1 fully saturated rings. The number of carbonyl (C=O) groups excluding carboxylic acids is 2. The third-order valence-electron chi connectivity index (χ3n) is 3.92. The second kappa shape index (κ2) is 8.59. The lowest BCUT2D eigenvalue weighted by molar-refractivity contribution is -0.134. The summed E-state index contributed by atoms with van der Waals surface area (Å²) in [6.07, 6.45) is 1.73. The van der Waals surface area contributed by atoms with Gasteiger partial charge in [-0.25, -0.2) is 0 Å². The summed E-state index contributed by atoms with van der Waals surface area (Å²) in [4.78, 5) is 25.5. The van der Waals surface area contributed by atoms with Gasteiger partial charge in [-0.1, -0.05) is 27.7 Å². The molecule has 0 aromatic heterocycles. The van der Waals surface area contributed by atoms with Crippen molar-refractivity contribution in [3.63, 3.8) is 0 Å². The summed E-state index contributed by atoms with van der Waals surface area (Å²) in [5, 5.41) is 2.80. The van der Waals surface area contributed by atoms with Crippen molar-refractivity contribution in [3.8, 4) is 0 Å². The minimum atomic E-state index is -0.0329. The molecule has 0 saturated carbocycles. The molecule has 0 bridgehead atoms. The molecular weight excluding hydrogens is 290 g/mol. The quantitative estimate of drug-likeness (QED) is 0.807. The SMILES string of the molecule is CC(C)CC(=O)NCCC(=O)N1CCC(N)C(C)(C)C1.Cl. The van der Waals surface area contributed by atoms with Crippen LogP contribution >= 0.6 is 12.4 Å². The number of hydrogen-bond acceptors (Lipinski definition) is 3. The van der Waals surface area contributed by atoms with Crippen molar-refractivity contribution in [2.24, 2.45) is 17.1 Å². The number of nitrogens with zero attached hydrogens (tertiary/aromatic N) is 1. The summed E-state index contributed by atoms with van der Waals surface area (Å²) < 4.78 is 0. The van der Waals surface area contributed by atoms with Gasteiger partial charge in [0.15, 0.2) is 0 Å². The third-order valence-corrected chi connectivity index (χ3v) is 3.92. The van der Waals surface area contributed by atoms with Crippen LogP contribution in [0.1, 0.15) is 47.0 Å². The molecule has 1 saturated heterocycles. The van der Waals surface area contributed by atoms with Crippen molar-refractivity contribution in [3.05, 3.63) is 0 Å². The molecule has 0 aromatic carbocycles. The zero-order valence-electron chi connectivity index (χ0n) is 13.6. The highest BCUT2D eigenvalue weighted by Crippen LogP contribution is 2.27. The minimum Gasteiger partial charge on any atom is -0.356 e. The average Bonchev–Trinajstić information content (AvgIpc) is 2.31. The standard InChI is InChI=1S/C15H29N3O2.ClH/c1-11(2)9-13(19)17-7-5-14(20)18-8-6-12(16)15(3,4)10-18;/h11-12H,5-10,16H2,1-4H3,(H,17,19);1H. The van der Waals surface area contributed by atoms with Crippen molar-refractivity contribution < 1.29 is 9.59 Å². The smallest absolute Gasteiger partial charge is 0.224 e. The molecule has 124 valence electrons. The third kappa shape index (κ3) is 6.66. The number of hydrogen-bond donors (Lipinski definition) is 2. The van der Waals surface area contributed by atoms with Gasteiger partial charge in [-0.2, -0.15) is 0 Å². The highest BCUT2D eigenvalue weighted by molar-refractivity contribution is 5.85. The number of carbonyl (C=O) groups is 2. The van der Waals surface area contributed by atoms with E-state index in [2.05, 4.69) is 19.2 Å². The van der Waals surface area contributed by atoms with Crippen LogP contribution in [-0.4, -0.2) is 42.4 Å². The van der Waals surface area contributed by atoms with Gasteiger partial charge < -0.3 is 16.0 Å². The summed E-state index contributed by atoms with van der Waals surface area (Å²) in [7, 11) is 0. The van der Waals surface area contributed by atoms with E-state index in [0.717, 1.165) is 13.0 Å². The predicted molar refractivity (Wildman–Crippen MR) is 87.3 cm³/mol. The molecule has 1 aliphatic heterocycles. The molecule has 21 heavy (non-hydrogen) atoms. The lowest BCUT2D eigenvalue weighted by atomic mass is 9.79. The topological polar surface area (TPSA) is 75.4 Å². The van der Waals surface area contributed by atoms with Gasteiger partial charge in [0, 0.05) is 38.5 Å². The Labute approximate surface area is 134 Å². The van der Waals surface area contributed by atoms with Crippen LogP contribution in [0.25, 0.3) is 0 Å². The Kier molecular flexibility index (Phi) is 8.26. The Hall–Kier alpha value is -0.810. The van der Waals surface area contributed by atoms with Crippen LogP contribution in [0.2, 0.25) is 0 Å². The van der Waals surface area contributed by atoms with Gasteiger partial charge in [0.05, 0.1) is 0 Å². The van der Waals surface area contributed by atoms with Crippen LogP contribution in [0.15, 0.2) is 0 Å². The normalized spacial score (nSPS) is 20.9. The van der Waals surface area contributed by atoms with Crippen molar-refractivity contribution in [1.82, 2.24) is 10.2 Å². The maximum Gasteiger partial charge on any atom is 0.224 e. The lowest BCUT2D eigenvalue weighted by Crippen LogP contribution is -2.54. The molecule has 0 spiro atoms. The molecular formula is C15H30ClN3O2. The van der Waals surface area contributed by atoms with E-state index in [4.69, 9.17) is 5.73 Å². The number of amides is 2. The van der Waals surface area contributed by atoms with Gasteiger partial charge in [-0.15, -0.1) is 12.4 Å². The average molecular weight is 320 g/mol. The van der Waals surface area contributed by atoms with Crippen molar-refractivity contribution in [1.29, 1.82) is 0 Å². The summed E-state index contributed by atoms with van der Waals surface area (Å²) in [5.74, 6) is 0.471. The number of piperidine rings is 1. The predicted octanol–water partition coefficient (Wildman–Crippen LogP) is 1.55. The lowest BCUT2D eigenvalue weighted by Gasteiger charge is -2.42. The van der Waals surface area contributed by atoms with Crippen LogP contribution in [-0.2, 0) is 9.59 Å². The van der Waals surface area contributed by atoms with Gasteiger partial charge in [0.25, 0.3) is 0 Å². The molecule has 1 aliphatic rings. The number of likely N-dealkylation sites (tertiary alicyclic amines) is 1. The first-order chi connectivity index (χ1) is 9.22. The van der Waals surface area contributed by atoms with E-state index in [-0.39, 0.29) is 35.7 Å². The number of halogens is 1. The van der Waals surface area contributed by atoms with Crippen LogP contribution in [0.4, 0.5) is 0 Å². The molecule has 1 unspecified atom stereocenters. The van der Waals surface area contributed by atoms with Crippen LogP contribution < -0.4 is 11.1 Å². The second-order valence-electron chi connectivity index (χ2n) is 6.90. The first kappa shape index (κ1) is 20.2. The summed E-state index contributed by atoms with van der Waals surface area (Å²) in [6, 6.07) is 0.150. The van der Waals surface area contributed by atoms with Crippen LogP contribution in [0, 0.1) is 11.3 Å². The fraction of sp³-hybridized carbons (Fsp3) is 0.867. The molecule has 0 radical (unpaired) electrons. The molecule has 0 aromatic rings. The first-order valence-electron chi connectivity index (χ1n) is 7.52. The molecule has 1 heterocycles. The zero-order valence-corrected chi connectivity index (χ0v) is 14.5. The molecule has 6 heteroatoms. The van der Waals surface area contributed by atoms with Crippen LogP contribution in [0.5, 0.6) is 0 Å². The molecule has 0 aliphatic carbocycles. The second-order valence-corrected chi connectivity index (χ2v) is 6.90. The molecule has 1 atom stereocenters. The number of nitrogens with one attached hydrogen (secondary N) is 1. The van der Waals surface area contributed by atoms with E-state index in [0.29, 0.717) is 31.8 Å². The van der Waals surface area contributed by atoms with E-state index in [1.807, 2.05) is 18.7 Å². The Morgan fingerprint density at radius 2 is 2.00 bits per heavy atom. The Balaban J connectivity index is 0.00000400. The van der Waals surface area contributed by atoms with Gasteiger partial charge in [-0.3, -0.25) is 9.59 Å². The number of nitrogens with two attached hydrogens (primary N) is 1. The number of rotatable bonds is 5. The van der Waals surface area contributed by atoms with Crippen molar-refractivity contribution in [2.75, 3.05) is 19.6 Å². The molecule has 2 amide bonds. The fourth-order valence-corrected chi connectivity index (χ4v) is 2.50. The zero-order chi connectivity index (χ0) is 15.3. The highest BCUT2D eigenvalue weighted by Gasteiger charge is 2.34. The van der Waals surface area contributed by atoms with Gasteiger partial charge >= 0.3 is 0 Å². The van der Waals surface area contributed by atoms with E-state index < -0.39 is 0 Å². The largest absolute Gasteiger partial charge is 0.356 e. The summed E-state index contributed by atoms with van der Waals surface area (Å²) >= 11 is 0. The van der Waals surface area contributed by atoms with Gasteiger partial charge in [0.1, 0.15) is 0 Å².